The Morgan fingerprint density at radius 1 is 1.43 bits per heavy atom. The number of hydrogen-bond donors (Lipinski definition) is 1. The first kappa shape index (κ1) is 14.3. The highest BCUT2D eigenvalue weighted by Gasteiger charge is 2.39. The van der Waals surface area contributed by atoms with Crippen LogP contribution in [0.1, 0.15) is 54.7 Å². The molecule has 2 atom stereocenters. The van der Waals surface area contributed by atoms with Crippen molar-refractivity contribution >= 4 is 5.97 Å². The van der Waals surface area contributed by atoms with Gasteiger partial charge >= 0.3 is 5.97 Å². The maximum atomic E-state index is 12.0. The largest absolute Gasteiger partial charge is 0.462 e. The summed E-state index contributed by atoms with van der Waals surface area (Å²) in [6.07, 6.45) is 5.85. The highest BCUT2D eigenvalue weighted by atomic mass is 16.5. The number of piperidine rings is 1. The first-order valence-electron chi connectivity index (χ1n) is 7.58. The van der Waals surface area contributed by atoms with Crippen molar-refractivity contribution in [2.24, 2.45) is 0 Å². The van der Waals surface area contributed by atoms with Crippen LogP contribution in [-0.4, -0.2) is 46.6 Å². The molecule has 2 saturated heterocycles. The molecule has 0 saturated carbocycles. The summed E-state index contributed by atoms with van der Waals surface area (Å²) in [6, 6.07) is 1.17. The Morgan fingerprint density at radius 2 is 2.10 bits per heavy atom. The summed E-state index contributed by atoms with van der Waals surface area (Å²) in [7, 11) is 2.18. The predicted octanol–water partition coefficient (Wildman–Crippen LogP) is 1.29. The fourth-order valence-corrected chi connectivity index (χ4v) is 3.61. The van der Waals surface area contributed by atoms with Crippen LogP contribution in [0, 0.1) is 0 Å². The lowest BCUT2D eigenvalue weighted by molar-refractivity contribution is 0.0523. The van der Waals surface area contributed by atoms with E-state index in [1.165, 1.54) is 19.0 Å². The van der Waals surface area contributed by atoms with E-state index in [2.05, 4.69) is 21.9 Å². The molecule has 0 amide bonds. The molecule has 0 radical (unpaired) electrons. The first-order valence-corrected chi connectivity index (χ1v) is 7.58. The average molecular weight is 291 g/mol. The zero-order valence-electron chi connectivity index (χ0n) is 12.5. The van der Waals surface area contributed by atoms with E-state index in [1.807, 2.05) is 0 Å². The number of nitrogens with one attached hydrogen (secondary N) is 1. The second-order valence-electron chi connectivity index (χ2n) is 5.95. The van der Waals surface area contributed by atoms with Crippen molar-refractivity contribution < 1.29 is 9.53 Å². The first-order chi connectivity index (χ1) is 10.1. The van der Waals surface area contributed by atoms with E-state index in [4.69, 9.17) is 4.74 Å². The minimum atomic E-state index is -0.610. The fourth-order valence-electron chi connectivity index (χ4n) is 3.61. The fraction of sp³-hybridized carbons (Fsp3) is 0.667. The van der Waals surface area contributed by atoms with Crippen LogP contribution < -0.4 is 5.56 Å². The highest BCUT2D eigenvalue weighted by molar-refractivity contribution is 5.88. The Kier molecular flexibility index (Phi) is 3.80. The molecule has 6 nitrogen and oxygen atoms in total. The van der Waals surface area contributed by atoms with Crippen LogP contribution in [0.2, 0.25) is 0 Å². The Labute approximate surface area is 123 Å². The van der Waals surface area contributed by atoms with Gasteiger partial charge in [-0.15, -0.1) is 0 Å². The standard InChI is InChI=1S/C15H21N3O3/c1-3-21-15(20)12-8-16-13(17-14(12)19)9-6-10-4-5-11(7-9)18(10)2/h8-11H,3-7H2,1-2H3,(H,16,17,19). The molecule has 1 aromatic heterocycles. The van der Waals surface area contributed by atoms with Crippen LogP contribution in [0.25, 0.3) is 0 Å². The van der Waals surface area contributed by atoms with Gasteiger partial charge in [0.1, 0.15) is 11.4 Å². The van der Waals surface area contributed by atoms with E-state index in [-0.39, 0.29) is 18.1 Å². The number of nitrogens with zero attached hydrogens (tertiary/aromatic N) is 2. The molecule has 2 fully saturated rings. The van der Waals surface area contributed by atoms with Gasteiger partial charge < -0.3 is 14.6 Å². The molecule has 0 spiro atoms. The van der Waals surface area contributed by atoms with Gasteiger partial charge in [0.15, 0.2) is 0 Å². The quantitative estimate of drug-likeness (QED) is 0.849. The zero-order valence-corrected chi connectivity index (χ0v) is 12.5. The molecule has 2 unspecified atom stereocenters. The van der Waals surface area contributed by atoms with Crippen LogP contribution in [0.5, 0.6) is 0 Å². The Morgan fingerprint density at radius 3 is 2.67 bits per heavy atom. The molecule has 6 heteroatoms. The number of fused-ring (bicyclic) bond motifs is 2. The number of ether oxygens (including phenoxy) is 1. The summed E-state index contributed by atoms with van der Waals surface area (Å²) in [5, 5.41) is 0. The summed E-state index contributed by atoms with van der Waals surface area (Å²) < 4.78 is 4.85. The smallest absolute Gasteiger partial charge is 0.345 e. The summed E-state index contributed by atoms with van der Waals surface area (Å²) in [4.78, 5) is 33.2. The molecule has 3 heterocycles. The number of esters is 1. The number of carbonyl (C=O) groups is 1. The monoisotopic (exact) mass is 291 g/mol. The number of rotatable bonds is 3. The number of hydrogen-bond acceptors (Lipinski definition) is 5. The van der Waals surface area contributed by atoms with Crippen molar-refractivity contribution in [1.82, 2.24) is 14.9 Å². The third kappa shape index (κ3) is 2.60. The lowest BCUT2D eigenvalue weighted by atomic mass is 9.90. The molecule has 2 aliphatic rings. The van der Waals surface area contributed by atoms with Crippen molar-refractivity contribution in [1.29, 1.82) is 0 Å². The van der Waals surface area contributed by atoms with Crippen molar-refractivity contribution in [2.45, 2.75) is 50.6 Å². The third-order valence-corrected chi connectivity index (χ3v) is 4.80. The second kappa shape index (κ2) is 5.60. The molecule has 21 heavy (non-hydrogen) atoms. The second-order valence-corrected chi connectivity index (χ2v) is 5.95. The summed E-state index contributed by atoms with van der Waals surface area (Å²) >= 11 is 0. The van der Waals surface area contributed by atoms with Crippen LogP contribution in [0.15, 0.2) is 11.0 Å². The zero-order chi connectivity index (χ0) is 15.0. The molecule has 0 aliphatic carbocycles. The molecule has 2 aliphatic heterocycles. The third-order valence-electron chi connectivity index (χ3n) is 4.80. The van der Waals surface area contributed by atoms with Crippen molar-refractivity contribution in [2.75, 3.05) is 13.7 Å². The summed E-state index contributed by atoms with van der Waals surface area (Å²) in [6.45, 7) is 1.96. The number of carbonyl (C=O) groups excluding carboxylic acids is 1. The maximum absolute atomic E-state index is 12.0. The van der Waals surface area contributed by atoms with E-state index in [1.54, 1.807) is 6.92 Å². The topological polar surface area (TPSA) is 75.3 Å². The van der Waals surface area contributed by atoms with Crippen molar-refractivity contribution in [3.05, 3.63) is 27.9 Å². The Bertz CT molecular complexity index is 584. The van der Waals surface area contributed by atoms with Gasteiger partial charge in [0.25, 0.3) is 5.56 Å². The maximum Gasteiger partial charge on any atom is 0.345 e. The molecule has 1 N–H and O–H groups in total. The predicted molar refractivity (Wildman–Crippen MR) is 77.4 cm³/mol. The summed E-state index contributed by atoms with van der Waals surface area (Å²) in [5.41, 5.74) is -0.416. The van der Waals surface area contributed by atoms with Gasteiger partial charge in [0, 0.05) is 24.2 Å². The molecule has 2 bridgehead atoms. The minimum absolute atomic E-state index is 0.0171. The van der Waals surface area contributed by atoms with Crippen LogP contribution in [0.3, 0.4) is 0 Å². The number of aromatic amines is 1. The van der Waals surface area contributed by atoms with Gasteiger partial charge in [0.2, 0.25) is 0 Å². The van der Waals surface area contributed by atoms with E-state index in [9.17, 15) is 9.59 Å². The van der Waals surface area contributed by atoms with E-state index < -0.39 is 11.5 Å². The normalized spacial score (nSPS) is 28.6. The van der Waals surface area contributed by atoms with Crippen LogP contribution >= 0.6 is 0 Å². The van der Waals surface area contributed by atoms with Gasteiger partial charge in [-0.05, 0) is 39.7 Å². The lowest BCUT2D eigenvalue weighted by Crippen LogP contribution is -2.40. The SMILES string of the molecule is CCOC(=O)c1cnc(C2CC3CCC(C2)N3C)[nH]c1=O. The van der Waals surface area contributed by atoms with E-state index >= 15 is 0 Å². The van der Waals surface area contributed by atoms with Gasteiger partial charge in [-0.3, -0.25) is 4.79 Å². The van der Waals surface area contributed by atoms with Gasteiger partial charge in [0.05, 0.1) is 6.61 Å². The van der Waals surface area contributed by atoms with Crippen molar-refractivity contribution in [3.8, 4) is 0 Å². The molecular weight excluding hydrogens is 270 g/mol. The van der Waals surface area contributed by atoms with Crippen molar-refractivity contribution in [3.63, 3.8) is 0 Å². The van der Waals surface area contributed by atoms with Gasteiger partial charge in [-0.1, -0.05) is 0 Å². The van der Waals surface area contributed by atoms with E-state index in [0.29, 0.717) is 17.9 Å². The highest BCUT2D eigenvalue weighted by Crippen LogP contribution is 2.40. The molecule has 114 valence electrons. The average Bonchev–Trinajstić information content (AvgIpc) is 2.69. The number of H-pyrrole nitrogens is 1. The Hall–Kier alpha value is -1.69. The Balaban J connectivity index is 1.80. The number of aromatic nitrogens is 2. The van der Waals surface area contributed by atoms with Gasteiger partial charge in [-0.2, -0.15) is 0 Å². The summed E-state index contributed by atoms with van der Waals surface area (Å²) in [5.74, 6) is 0.377. The molecule has 3 rings (SSSR count). The molecular formula is C15H21N3O3. The van der Waals surface area contributed by atoms with Crippen LogP contribution in [0.4, 0.5) is 0 Å². The lowest BCUT2D eigenvalue weighted by Gasteiger charge is -2.35. The van der Waals surface area contributed by atoms with E-state index in [0.717, 1.165) is 12.8 Å². The van der Waals surface area contributed by atoms with Gasteiger partial charge in [-0.25, -0.2) is 9.78 Å². The molecule has 0 aromatic carbocycles. The van der Waals surface area contributed by atoms with Crippen LogP contribution in [-0.2, 0) is 4.74 Å². The minimum Gasteiger partial charge on any atom is -0.462 e. The molecule has 1 aromatic rings.